The van der Waals surface area contributed by atoms with Crippen molar-refractivity contribution in [3.8, 4) is 0 Å². The highest BCUT2D eigenvalue weighted by molar-refractivity contribution is 6.31. The maximum absolute atomic E-state index is 12.6. The van der Waals surface area contributed by atoms with Crippen molar-refractivity contribution < 1.29 is 9.21 Å². The third kappa shape index (κ3) is 2.61. The molecule has 0 aliphatic rings. The summed E-state index contributed by atoms with van der Waals surface area (Å²) in [5, 5.41) is 0.483. The lowest BCUT2D eigenvalue weighted by molar-refractivity contribution is 0.0970. The largest absolute Gasteiger partial charge is 0.420 e. The molecule has 0 saturated heterocycles. The quantitative estimate of drug-likeness (QED) is 0.686. The van der Waals surface area contributed by atoms with E-state index in [1.54, 1.807) is 18.2 Å². The first-order valence-corrected chi connectivity index (χ1v) is 7.79. The second kappa shape index (κ2) is 5.74. The van der Waals surface area contributed by atoms with Gasteiger partial charge in [0.15, 0.2) is 11.4 Å². The normalized spacial score (nSPS) is 11.3. The molecule has 0 saturated carbocycles. The average molecular weight is 333 g/mol. The zero-order chi connectivity index (χ0) is 16.7. The first-order valence-electron chi connectivity index (χ1n) is 7.41. The van der Waals surface area contributed by atoms with Crippen LogP contribution in [0.25, 0.3) is 11.1 Å². The summed E-state index contributed by atoms with van der Waals surface area (Å²) in [7, 11) is 0. The molecule has 6 heteroatoms. The topological polar surface area (TPSA) is 57.1 Å². The summed E-state index contributed by atoms with van der Waals surface area (Å²) in [6.07, 6.45) is 0. The Balaban J connectivity index is 2.01. The molecule has 0 amide bonds. The number of hydrogen-bond acceptors (Lipinski definition) is 3. The van der Waals surface area contributed by atoms with E-state index in [0.29, 0.717) is 21.7 Å². The maximum atomic E-state index is 12.6. The maximum Gasteiger partial charge on any atom is 0.420 e. The second-order valence-electron chi connectivity index (χ2n) is 5.52. The molecule has 3 rings (SSSR count). The molecule has 120 valence electrons. The van der Waals surface area contributed by atoms with Gasteiger partial charge in [-0.1, -0.05) is 11.6 Å². The molecule has 0 atom stereocenters. The summed E-state index contributed by atoms with van der Waals surface area (Å²) < 4.78 is 8.57. The molecule has 3 aromatic rings. The monoisotopic (exact) mass is 332 g/mol. The number of Topliss-reactive ketones (excluding diaryl/α,β-unsaturated/α-hetero) is 1. The molecule has 0 spiro atoms. The number of fused-ring (bicyclic) bond motifs is 1. The van der Waals surface area contributed by atoms with E-state index in [0.717, 1.165) is 17.9 Å². The molecule has 1 aromatic carbocycles. The molecule has 0 radical (unpaired) electrons. The van der Waals surface area contributed by atoms with Gasteiger partial charge < -0.3 is 8.98 Å². The highest BCUT2D eigenvalue weighted by Crippen LogP contribution is 2.20. The van der Waals surface area contributed by atoms with E-state index >= 15 is 0 Å². The van der Waals surface area contributed by atoms with Gasteiger partial charge in [0.05, 0.1) is 12.1 Å². The lowest BCUT2D eigenvalue weighted by atomic mass is 10.1. The van der Waals surface area contributed by atoms with Gasteiger partial charge in [-0.25, -0.2) is 4.79 Å². The summed E-state index contributed by atoms with van der Waals surface area (Å²) in [5.74, 6) is -0.669. The zero-order valence-electron chi connectivity index (χ0n) is 13.2. The fourth-order valence-corrected chi connectivity index (χ4v) is 3.15. The molecule has 2 heterocycles. The van der Waals surface area contributed by atoms with Gasteiger partial charge in [0.25, 0.3) is 0 Å². The molecule has 5 nitrogen and oxygen atoms in total. The summed E-state index contributed by atoms with van der Waals surface area (Å²) in [4.78, 5) is 24.7. The van der Waals surface area contributed by atoms with Crippen molar-refractivity contribution in [2.75, 3.05) is 0 Å². The first-order chi connectivity index (χ1) is 10.9. The van der Waals surface area contributed by atoms with Crippen LogP contribution in [0.3, 0.4) is 0 Å². The molecular formula is C17H17ClN2O3. The predicted octanol–water partition coefficient (Wildman–Crippen LogP) is 3.57. The van der Waals surface area contributed by atoms with Crippen molar-refractivity contribution in [3.05, 3.63) is 56.8 Å². The minimum Gasteiger partial charge on any atom is -0.408 e. The first kappa shape index (κ1) is 15.6. The van der Waals surface area contributed by atoms with Gasteiger partial charge in [0.1, 0.15) is 0 Å². The number of benzene rings is 1. The number of oxazole rings is 1. The average Bonchev–Trinajstić information content (AvgIpc) is 2.95. The second-order valence-corrected chi connectivity index (χ2v) is 5.95. The number of aryl methyl sites for hydroxylation is 1. The van der Waals surface area contributed by atoms with Crippen molar-refractivity contribution >= 4 is 28.5 Å². The highest BCUT2D eigenvalue weighted by atomic mass is 35.5. The van der Waals surface area contributed by atoms with E-state index < -0.39 is 5.76 Å². The Morgan fingerprint density at radius 3 is 2.61 bits per heavy atom. The summed E-state index contributed by atoms with van der Waals surface area (Å²) >= 11 is 5.90. The van der Waals surface area contributed by atoms with Gasteiger partial charge in [-0.2, -0.15) is 0 Å². The van der Waals surface area contributed by atoms with Crippen molar-refractivity contribution in [1.82, 2.24) is 9.13 Å². The van der Waals surface area contributed by atoms with Crippen molar-refractivity contribution in [1.29, 1.82) is 0 Å². The molecule has 0 aliphatic heterocycles. The number of hydrogen-bond donors (Lipinski definition) is 0. The number of aromatic nitrogens is 2. The number of carbonyl (C=O) groups is 1. The van der Waals surface area contributed by atoms with Crippen LogP contribution in [0.15, 0.2) is 33.5 Å². The Morgan fingerprint density at radius 1 is 1.22 bits per heavy atom. The summed E-state index contributed by atoms with van der Waals surface area (Å²) in [6, 6.07) is 6.79. The fraction of sp³-hybridized carbons (Fsp3) is 0.294. The van der Waals surface area contributed by atoms with Crippen molar-refractivity contribution in [2.45, 2.75) is 33.9 Å². The SMILES string of the molecule is CCn1c(C)cc(C(=O)Cn2c(=O)oc3cc(Cl)ccc32)c1C. The van der Waals surface area contributed by atoms with Crippen LogP contribution in [-0.2, 0) is 13.1 Å². The van der Waals surface area contributed by atoms with Gasteiger partial charge in [-0.15, -0.1) is 0 Å². The van der Waals surface area contributed by atoms with Crippen LogP contribution in [0.2, 0.25) is 5.02 Å². The van der Waals surface area contributed by atoms with E-state index in [1.807, 2.05) is 26.8 Å². The molecule has 0 N–H and O–H groups in total. The van der Waals surface area contributed by atoms with Gasteiger partial charge in [-0.3, -0.25) is 9.36 Å². The molecule has 23 heavy (non-hydrogen) atoms. The Labute approximate surface area is 138 Å². The molecule has 0 fully saturated rings. The number of ketones is 1. The summed E-state index contributed by atoms with van der Waals surface area (Å²) in [6.45, 7) is 6.67. The van der Waals surface area contributed by atoms with E-state index in [2.05, 4.69) is 4.57 Å². The minimum atomic E-state index is -0.556. The van der Waals surface area contributed by atoms with E-state index in [-0.39, 0.29) is 12.3 Å². The standard InChI is InChI=1S/C17H17ClN2O3/c1-4-19-10(2)7-13(11(19)3)15(21)9-20-14-6-5-12(18)8-16(14)23-17(20)22/h5-8H,4,9H2,1-3H3. The Bertz CT molecular complexity index is 962. The van der Waals surface area contributed by atoms with E-state index in [9.17, 15) is 9.59 Å². The van der Waals surface area contributed by atoms with Gasteiger partial charge in [-0.05, 0) is 39.0 Å². The van der Waals surface area contributed by atoms with Crippen molar-refractivity contribution in [2.24, 2.45) is 0 Å². The molecular weight excluding hydrogens is 316 g/mol. The van der Waals surface area contributed by atoms with Gasteiger partial charge >= 0.3 is 5.76 Å². The lowest BCUT2D eigenvalue weighted by Gasteiger charge is -2.06. The number of carbonyl (C=O) groups excluding carboxylic acids is 1. The van der Waals surface area contributed by atoms with Crippen molar-refractivity contribution in [3.63, 3.8) is 0 Å². The Hall–Kier alpha value is -2.27. The number of nitrogens with zero attached hydrogens (tertiary/aromatic N) is 2. The van der Waals surface area contributed by atoms with Gasteiger partial charge in [0.2, 0.25) is 0 Å². The third-order valence-electron chi connectivity index (χ3n) is 4.12. The molecule has 0 unspecified atom stereocenters. The van der Waals surface area contributed by atoms with Crippen LogP contribution in [0.4, 0.5) is 0 Å². The zero-order valence-corrected chi connectivity index (χ0v) is 14.0. The van der Waals surface area contributed by atoms with Crippen LogP contribution in [0.5, 0.6) is 0 Å². The lowest BCUT2D eigenvalue weighted by Crippen LogP contribution is -2.20. The van der Waals surface area contributed by atoms with Crippen LogP contribution in [0.1, 0.15) is 28.7 Å². The Kier molecular flexibility index (Phi) is 3.90. The minimum absolute atomic E-state index is 0.0541. The van der Waals surface area contributed by atoms with Gasteiger partial charge in [0, 0.05) is 34.6 Å². The van der Waals surface area contributed by atoms with Crippen LogP contribution in [-0.4, -0.2) is 14.9 Å². The van der Waals surface area contributed by atoms with Crippen LogP contribution < -0.4 is 5.76 Å². The highest BCUT2D eigenvalue weighted by Gasteiger charge is 2.18. The Morgan fingerprint density at radius 2 is 1.96 bits per heavy atom. The molecule has 0 aliphatic carbocycles. The number of halogens is 1. The number of rotatable bonds is 4. The van der Waals surface area contributed by atoms with E-state index in [4.69, 9.17) is 16.0 Å². The molecule has 2 aromatic heterocycles. The predicted molar refractivity (Wildman–Crippen MR) is 89.4 cm³/mol. The van der Waals surface area contributed by atoms with E-state index in [1.165, 1.54) is 4.57 Å². The van der Waals surface area contributed by atoms with Crippen LogP contribution >= 0.6 is 11.6 Å². The fourth-order valence-electron chi connectivity index (χ4n) is 2.99. The third-order valence-corrected chi connectivity index (χ3v) is 4.36. The summed E-state index contributed by atoms with van der Waals surface area (Å²) in [5.41, 5.74) is 3.54. The van der Waals surface area contributed by atoms with Crippen LogP contribution in [0, 0.1) is 13.8 Å². The molecule has 0 bridgehead atoms. The smallest absolute Gasteiger partial charge is 0.408 e.